The second kappa shape index (κ2) is 12.6. The van der Waals surface area contributed by atoms with E-state index in [-0.39, 0.29) is 25.1 Å². The molecule has 5 heteroatoms. The third-order valence-electron chi connectivity index (χ3n) is 5.19. The lowest BCUT2D eigenvalue weighted by Gasteiger charge is -2.35. The van der Waals surface area contributed by atoms with Crippen LogP contribution < -0.4 is 0 Å². The zero-order chi connectivity index (χ0) is 18.5. The molecule has 1 rings (SSSR count). The van der Waals surface area contributed by atoms with Gasteiger partial charge in [0.25, 0.3) is 0 Å². The van der Waals surface area contributed by atoms with Gasteiger partial charge in [-0.1, -0.05) is 71.1 Å². The first-order chi connectivity index (χ1) is 12.0. The molecule has 1 aliphatic heterocycles. The molecule has 0 aliphatic carbocycles. The van der Waals surface area contributed by atoms with E-state index < -0.39 is 4.65 Å². The number of aliphatic imine (C=N–C) groups is 1. The van der Waals surface area contributed by atoms with Crippen LogP contribution in [0.5, 0.6) is 0 Å². The Labute approximate surface area is 153 Å². The summed E-state index contributed by atoms with van der Waals surface area (Å²) in [4.78, 5) is 16.2. The SMILES string of the molecule is CCCCCCCCCCCCCC1=NC(CCO)C[N+]1([O-])C(C)=O. The molecular weight excluding hydrogens is 316 g/mol. The van der Waals surface area contributed by atoms with Gasteiger partial charge in [-0.05, 0) is 12.8 Å². The van der Waals surface area contributed by atoms with Gasteiger partial charge in [-0.25, -0.2) is 9.79 Å². The van der Waals surface area contributed by atoms with Crippen LogP contribution >= 0.6 is 0 Å². The molecule has 0 spiro atoms. The average Bonchev–Trinajstić information content (AvgIpc) is 2.90. The normalized spacial score (nSPS) is 23.0. The van der Waals surface area contributed by atoms with Gasteiger partial charge in [-0.3, -0.25) is 4.65 Å². The van der Waals surface area contributed by atoms with E-state index in [0.29, 0.717) is 18.7 Å². The van der Waals surface area contributed by atoms with E-state index in [1.54, 1.807) is 0 Å². The summed E-state index contributed by atoms with van der Waals surface area (Å²) in [7, 11) is 0. The molecule has 1 N–H and O–H groups in total. The lowest BCUT2D eigenvalue weighted by atomic mass is 10.1. The number of rotatable bonds is 14. The summed E-state index contributed by atoms with van der Waals surface area (Å²) >= 11 is 0. The Morgan fingerprint density at radius 1 is 1.08 bits per heavy atom. The minimum atomic E-state index is -0.900. The summed E-state index contributed by atoms with van der Waals surface area (Å²) in [6.45, 7) is 3.78. The van der Waals surface area contributed by atoms with Gasteiger partial charge in [0.05, 0.1) is 6.92 Å². The largest absolute Gasteiger partial charge is 0.619 e. The lowest BCUT2D eigenvalue weighted by Crippen LogP contribution is -2.50. The second-order valence-electron chi connectivity index (χ2n) is 7.44. The van der Waals surface area contributed by atoms with Crippen LogP contribution in [-0.4, -0.2) is 40.7 Å². The molecule has 1 heterocycles. The third-order valence-corrected chi connectivity index (χ3v) is 5.19. The minimum absolute atomic E-state index is 0.0117. The Hall–Kier alpha value is -0.780. The number of aliphatic hydroxyl groups is 1. The smallest absolute Gasteiger partial charge is 0.316 e. The van der Waals surface area contributed by atoms with Crippen LogP contribution in [0.25, 0.3) is 0 Å². The number of hydrogen-bond donors (Lipinski definition) is 1. The maximum Gasteiger partial charge on any atom is 0.316 e. The number of nitrogens with zero attached hydrogens (tertiary/aromatic N) is 2. The second-order valence-corrected chi connectivity index (χ2v) is 7.44. The zero-order valence-electron chi connectivity index (χ0n) is 16.3. The third kappa shape index (κ3) is 7.97. The van der Waals surface area contributed by atoms with Crippen LogP contribution in [0, 0.1) is 5.21 Å². The summed E-state index contributed by atoms with van der Waals surface area (Å²) in [5, 5.41) is 21.7. The van der Waals surface area contributed by atoms with Gasteiger partial charge in [0.2, 0.25) is 5.84 Å². The Morgan fingerprint density at radius 2 is 1.60 bits per heavy atom. The molecule has 146 valence electrons. The van der Waals surface area contributed by atoms with Gasteiger partial charge in [0.15, 0.2) is 0 Å². The predicted octanol–water partition coefficient (Wildman–Crippen LogP) is 4.71. The Morgan fingerprint density at radius 3 is 2.08 bits per heavy atom. The first kappa shape index (κ1) is 22.3. The maximum absolute atomic E-state index is 12.7. The number of unbranched alkanes of at least 4 members (excludes halogenated alkanes) is 10. The van der Waals surface area contributed by atoms with Crippen molar-refractivity contribution in [3.63, 3.8) is 0 Å². The summed E-state index contributed by atoms with van der Waals surface area (Å²) in [6.07, 6.45) is 15.0. The number of hydrogen-bond acceptors (Lipinski definition) is 4. The van der Waals surface area contributed by atoms with E-state index >= 15 is 0 Å². The molecule has 1 amide bonds. The Kier molecular flexibility index (Phi) is 11.2. The van der Waals surface area contributed by atoms with Crippen molar-refractivity contribution in [2.75, 3.05) is 13.2 Å². The molecule has 0 saturated heterocycles. The van der Waals surface area contributed by atoms with E-state index in [1.807, 2.05) is 0 Å². The molecule has 0 aromatic carbocycles. The highest BCUT2D eigenvalue weighted by Crippen LogP contribution is 2.24. The van der Waals surface area contributed by atoms with E-state index in [4.69, 9.17) is 5.11 Å². The molecule has 0 aromatic rings. The van der Waals surface area contributed by atoms with Gasteiger partial charge < -0.3 is 10.3 Å². The molecule has 0 fully saturated rings. The van der Waals surface area contributed by atoms with Crippen LogP contribution in [0.15, 0.2) is 4.99 Å². The Balaban J connectivity index is 2.15. The van der Waals surface area contributed by atoms with E-state index in [1.165, 1.54) is 64.7 Å². The molecule has 1 aliphatic rings. The van der Waals surface area contributed by atoms with E-state index in [9.17, 15) is 10.0 Å². The van der Waals surface area contributed by atoms with Crippen molar-refractivity contribution in [3.05, 3.63) is 5.21 Å². The maximum atomic E-state index is 12.7. The molecule has 0 saturated carbocycles. The number of quaternary nitrogens is 1. The van der Waals surface area contributed by atoms with Crippen LogP contribution in [0.2, 0.25) is 0 Å². The monoisotopic (exact) mass is 354 g/mol. The van der Waals surface area contributed by atoms with Crippen molar-refractivity contribution < 1.29 is 14.5 Å². The number of amides is 1. The first-order valence-electron chi connectivity index (χ1n) is 10.3. The summed E-state index contributed by atoms with van der Waals surface area (Å²) in [5.74, 6) is 0.0872. The topological polar surface area (TPSA) is 72.7 Å². The average molecular weight is 355 g/mol. The fourth-order valence-corrected chi connectivity index (χ4v) is 3.55. The lowest BCUT2D eigenvalue weighted by molar-refractivity contribution is -0.704. The van der Waals surface area contributed by atoms with Crippen molar-refractivity contribution in [1.29, 1.82) is 0 Å². The summed E-state index contributed by atoms with van der Waals surface area (Å²) in [6, 6.07) is -0.200. The standard InChI is InChI=1S/C20H38N2O3/c1-3-4-5-6-7-8-9-10-11-12-13-14-20-21-19(15-16-23)17-22(20,25)18(2)24/h19,23H,3-17H2,1-2H3. The van der Waals surface area contributed by atoms with Gasteiger partial charge in [0.1, 0.15) is 12.6 Å². The Bertz CT molecular complexity index is 412. The molecule has 2 unspecified atom stereocenters. The van der Waals surface area contributed by atoms with Crippen molar-refractivity contribution in [1.82, 2.24) is 0 Å². The van der Waals surface area contributed by atoms with E-state index in [0.717, 1.165) is 12.8 Å². The summed E-state index contributed by atoms with van der Waals surface area (Å²) < 4.78 is -0.900. The van der Waals surface area contributed by atoms with Crippen LogP contribution in [0.3, 0.4) is 0 Å². The zero-order valence-corrected chi connectivity index (χ0v) is 16.3. The van der Waals surface area contributed by atoms with Crippen LogP contribution in [0.4, 0.5) is 0 Å². The number of carbonyl (C=O) groups excluding carboxylic acids is 1. The van der Waals surface area contributed by atoms with Gasteiger partial charge in [-0.2, -0.15) is 0 Å². The molecule has 25 heavy (non-hydrogen) atoms. The molecule has 0 aromatic heterocycles. The van der Waals surface area contributed by atoms with Gasteiger partial charge >= 0.3 is 5.91 Å². The predicted molar refractivity (Wildman–Crippen MR) is 103 cm³/mol. The number of carbonyl (C=O) groups is 1. The number of hydroxylamine groups is 3. The van der Waals surface area contributed by atoms with Crippen LogP contribution in [0.1, 0.15) is 97.3 Å². The quantitative estimate of drug-likeness (QED) is 0.279. The molecule has 2 atom stereocenters. The molecule has 0 radical (unpaired) electrons. The highest BCUT2D eigenvalue weighted by molar-refractivity contribution is 5.88. The minimum Gasteiger partial charge on any atom is -0.619 e. The van der Waals surface area contributed by atoms with Crippen molar-refractivity contribution in [2.45, 2.75) is 103 Å². The summed E-state index contributed by atoms with van der Waals surface area (Å²) in [5.41, 5.74) is 0. The fraction of sp³-hybridized carbons (Fsp3) is 0.900. The van der Waals surface area contributed by atoms with Gasteiger partial charge in [0, 0.05) is 13.0 Å². The van der Waals surface area contributed by atoms with Crippen molar-refractivity contribution >= 4 is 11.7 Å². The van der Waals surface area contributed by atoms with Gasteiger partial charge in [-0.15, -0.1) is 0 Å². The van der Waals surface area contributed by atoms with Crippen molar-refractivity contribution in [2.24, 2.45) is 4.99 Å². The molecular formula is C20H38N2O3. The molecule has 5 nitrogen and oxygen atoms in total. The first-order valence-corrected chi connectivity index (χ1v) is 10.3. The highest BCUT2D eigenvalue weighted by Gasteiger charge is 2.39. The number of amidine groups is 1. The molecule has 0 bridgehead atoms. The van der Waals surface area contributed by atoms with E-state index in [2.05, 4.69) is 11.9 Å². The van der Waals surface area contributed by atoms with Crippen molar-refractivity contribution in [3.8, 4) is 0 Å². The highest BCUT2D eigenvalue weighted by atomic mass is 16.6. The number of aliphatic hydroxyl groups excluding tert-OH is 1. The van der Waals surface area contributed by atoms with Crippen LogP contribution in [-0.2, 0) is 4.79 Å². The fourth-order valence-electron chi connectivity index (χ4n) is 3.55.